The number of nitrogens with one attached hydrogen (secondary N) is 1. The molecule has 0 bridgehead atoms. The van der Waals surface area contributed by atoms with Gasteiger partial charge in [0.2, 0.25) is 0 Å². The van der Waals surface area contributed by atoms with Crippen LogP contribution in [0, 0.1) is 5.92 Å². The molecule has 0 aliphatic carbocycles. The average molecular weight is 509 g/mol. The van der Waals surface area contributed by atoms with Gasteiger partial charge in [0.25, 0.3) is 0 Å². The van der Waals surface area contributed by atoms with Crippen molar-refractivity contribution in [2.75, 3.05) is 6.61 Å². The van der Waals surface area contributed by atoms with Gasteiger partial charge in [0.15, 0.2) is 6.10 Å². The van der Waals surface area contributed by atoms with Gasteiger partial charge in [0.1, 0.15) is 21.8 Å². The number of aliphatic hydroxyl groups is 1. The van der Waals surface area contributed by atoms with E-state index in [1.54, 1.807) is 36.6 Å². The highest BCUT2D eigenvalue weighted by atomic mass is 79.9. The van der Waals surface area contributed by atoms with E-state index in [1.807, 2.05) is 6.07 Å². The molecule has 6 nitrogen and oxygen atoms in total. The van der Waals surface area contributed by atoms with Crippen LogP contribution in [0.5, 0.6) is 0 Å². The van der Waals surface area contributed by atoms with Crippen LogP contribution in [0.3, 0.4) is 0 Å². The van der Waals surface area contributed by atoms with Gasteiger partial charge in [-0.2, -0.15) is 13.2 Å². The van der Waals surface area contributed by atoms with Crippen molar-refractivity contribution in [3.05, 3.63) is 50.9 Å². The Balaban J connectivity index is 1.90. The molecule has 0 unspecified atom stereocenters. The molecular formula is C19H20BrF3N2O4S. The lowest BCUT2D eigenvalue weighted by molar-refractivity contribution is -0.242. The number of alkyl halides is 3. The van der Waals surface area contributed by atoms with Gasteiger partial charge >= 0.3 is 12.3 Å². The lowest BCUT2D eigenvalue weighted by Crippen LogP contribution is -2.62. The van der Waals surface area contributed by atoms with E-state index in [1.165, 1.54) is 0 Å². The first kappa shape index (κ1) is 23.0. The largest absolute Gasteiger partial charge is 0.445 e. The zero-order chi connectivity index (χ0) is 21.9. The molecule has 164 valence electrons. The molecule has 0 spiro atoms. The van der Waals surface area contributed by atoms with E-state index in [-0.39, 0.29) is 24.6 Å². The second-order valence-electron chi connectivity index (χ2n) is 7.08. The molecule has 0 saturated carbocycles. The predicted octanol–water partition coefficient (Wildman–Crippen LogP) is 4.38. The van der Waals surface area contributed by atoms with Crippen molar-refractivity contribution >= 4 is 33.4 Å². The number of aliphatic hydroxyl groups excluding tert-OH is 1. The topological polar surface area (TPSA) is 80.7 Å². The number of rotatable bonds is 5. The lowest BCUT2D eigenvalue weighted by Gasteiger charge is -2.46. The third-order valence-electron chi connectivity index (χ3n) is 4.93. The summed E-state index contributed by atoms with van der Waals surface area (Å²) >= 11 is 4.25. The van der Waals surface area contributed by atoms with Gasteiger partial charge in [0.05, 0.1) is 12.7 Å². The molecule has 1 aromatic heterocycles. The molecule has 1 aromatic carbocycles. The fourth-order valence-electron chi connectivity index (χ4n) is 3.44. The van der Waals surface area contributed by atoms with E-state index in [4.69, 9.17) is 9.47 Å². The second-order valence-corrected chi connectivity index (χ2v) is 8.75. The summed E-state index contributed by atoms with van der Waals surface area (Å²) in [6.45, 7) is 1.27. The number of ether oxygens (including phenoxy) is 2. The number of thiazole rings is 1. The van der Waals surface area contributed by atoms with Gasteiger partial charge in [-0.25, -0.2) is 9.78 Å². The first-order valence-corrected chi connectivity index (χ1v) is 10.8. The van der Waals surface area contributed by atoms with Crippen molar-refractivity contribution in [3.63, 3.8) is 0 Å². The highest BCUT2D eigenvalue weighted by Gasteiger charge is 2.57. The zero-order valence-electron chi connectivity index (χ0n) is 15.9. The van der Waals surface area contributed by atoms with Gasteiger partial charge < -0.3 is 19.9 Å². The number of nitrogens with zero attached hydrogens (tertiary/aromatic N) is 1. The standard InChI is InChI=1S/C19H20BrF3N2O4S/c1-11-7-13(15(26)19(21,22)23)18(10-29-11,16-24-14(20)9-30-16)25-17(27)28-8-12-5-3-2-4-6-12/h2-6,9,11,13,15,26H,7-8,10H2,1H3,(H,25,27)/t11-,13-,15+,18-/m0/s1. The first-order valence-electron chi connectivity index (χ1n) is 9.08. The van der Waals surface area contributed by atoms with Crippen molar-refractivity contribution in [3.8, 4) is 0 Å². The molecule has 4 atom stereocenters. The van der Waals surface area contributed by atoms with Crippen molar-refractivity contribution in [2.24, 2.45) is 5.92 Å². The minimum atomic E-state index is -4.88. The van der Waals surface area contributed by atoms with E-state index >= 15 is 0 Å². The van der Waals surface area contributed by atoms with Crippen LogP contribution in [0.4, 0.5) is 18.0 Å². The molecule has 1 amide bonds. The fourth-order valence-corrected chi connectivity index (χ4v) is 4.90. The number of halogens is 4. The van der Waals surface area contributed by atoms with E-state index in [0.29, 0.717) is 4.60 Å². The van der Waals surface area contributed by atoms with Crippen LogP contribution in [-0.2, 0) is 21.6 Å². The van der Waals surface area contributed by atoms with Gasteiger partial charge in [-0.3, -0.25) is 0 Å². The summed E-state index contributed by atoms with van der Waals surface area (Å²) in [7, 11) is 0. The summed E-state index contributed by atoms with van der Waals surface area (Å²) in [5.41, 5.74) is -0.981. The molecule has 3 rings (SSSR count). The zero-order valence-corrected chi connectivity index (χ0v) is 18.3. The third kappa shape index (κ3) is 5.13. The summed E-state index contributed by atoms with van der Waals surface area (Å²) in [6, 6.07) is 8.86. The Morgan fingerprint density at radius 1 is 1.47 bits per heavy atom. The SMILES string of the molecule is C[C@H]1C[C@@H]([C@@H](O)C(F)(F)F)[C@](NC(=O)OCc2ccccc2)(c2nc(Br)cs2)CO1. The minimum absolute atomic E-state index is 0.0614. The molecule has 2 aromatic rings. The summed E-state index contributed by atoms with van der Waals surface area (Å²) in [5.74, 6) is -1.41. The average Bonchev–Trinajstić information content (AvgIpc) is 3.14. The number of carbonyl (C=O) groups excluding carboxylic acids is 1. The van der Waals surface area contributed by atoms with Crippen molar-refractivity contribution in [1.29, 1.82) is 0 Å². The summed E-state index contributed by atoms with van der Waals surface area (Å²) in [4.78, 5) is 16.8. The van der Waals surface area contributed by atoms with Gasteiger partial charge in [-0.15, -0.1) is 11.3 Å². The number of amides is 1. The Kier molecular flexibility index (Phi) is 7.05. The summed E-state index contributed by atoms with van der Waals surface area (Å²) in [5, 5.41) is 14.5. The van der Waals surface area contributed by atoms with Crippen LogP contribution in [0.15, 0.2) is 40.3 Å². The molecule has 30 heavy (non-hydrogen) atoms. The Morgan fingerprint density at radius 3 is 2.77 bits per heavy atom. The summed E-state index contributed by atoms with van der Waals surface area (Å²) < 4.78 is 51.7. The molecular weight excluding hydrogens is 489 g/mol. The number of benzene rings is 1. The Morgan fingerprint density at radius 2 is 2.17 bits per heavy atom. The molecule has 1 aliphatic heterocycles. The van der Waals surface area contributed by atoms with Gasteiger partial charge in [-0.05, 0) is 34.8 Å². The smallest absolute Gasteiger partial charge is 0.414 e. The van der Waals surface area contributed by atoms with Gasteiger partial charge in [0, 0.05) is 11.3 Å². The van der Waals surface area contributed by atoms with E-state index in [0.717, 1.165) is 16.9 Å². The molecule has 2 N–H and O–H groups in total. The number of aromatic nitrogens is 1. The Bertz CT molecular complexity index is 867. The van der Waals surface area contributed by atoms with E-state index in [2.05, 4.69) is 26.2 Å². The fraction of sp³-hybridized carbons (Fsp3) is 0.474. The highest BCUT2D eigenvalue weighted by molar-refractivity contribution is 9.10. The Labute approximate surface area is 183 Å². The van der Waals surface area contributed by atoms with E-state index in [9.17, 15) is 23.1 Å². The molecule has 1 aliphatic rings. The van der Waals surface area contributed by atoms with Crippen LogP contribution in [0.25, 0.3) is 0 Å². The van der Waals surface area contributed by atoms with Crippen LogP contribution in [-0.4, -0.2) is 41.2 Å². The molecule has 2 heterocycles. The van der Waals surface area contributed by atoms with E-state index < -0.39 is 35.9 Å². The third-order valence-corrected chi connectivity index (χ3v) is 6.66. The second kappa shape index (κ2) is 9.21. The van der Waals surface area contributed by atoms with Crippen LogP contribution < -0.4 is 5.32 Å². The summed E-state index contributed by atoms with van der Waals surface area (Å²) in [6.07, 6.45) is -9.15. The monoisotopic (exact) mass is 508 g/mol. The van der Waals surface area contributed by atoms with Crippen molar-refractivity contribution in [2.45, 2.75) is 43.9 Å². The number of carbonyl (C=O) groups is 1. The molecule has 1 saturated heterocycles. The maximum absolute atomic E-state index is 13.5. The number of hydrogen-bond donors (Lipinski definition) is 2. The highest BCUT2D eigenvalue weighted by Crippen LogP contribution is 2.45. The van der Waals surface area contributed by atoms with Crippen molar-refractivity contribution in [1.82, 2.24) is 10.3 Å². The van der Waals surface area contributed by atoms with Crippen molar-refractivity contribution < 1.29 is 32.5 Å². The minimum Gasteiger partial charge on any atom is -0.445 e. The number of alkyl carbamates (subject to hydrolysis) is 1. The maximum Gasteiger partial charge on any atom is 0.414 e. The maximum atomic E-state index is 13.5. The quantitative estimate of drug-likeness (QED) is 0.626. The molecule has 1 fully saturated rings. The van der Waals surface area contributed by atoms with Crippen LogP contribution in [0.1, 0.15) is 23.9 Å². The predicted molar refractivity (Wildman–Crippen MR) is 107 cm³/mol. The first-order chi connectivity index (χ1) is 14.1. The Hall–Kier alpha value is -1.69. The molecule has 0 radical (unpaired) electrons. The van der Waals surface area contributed by atoms with Crippen LogP contribution >= 0.6 is 27.3 Å². The molecule has 11 heteroatoms. The lowest BCUT2D eigenvalue weighted by atomic mass is 9.75. The van der Waals surface area contributed by atoms with Crippen LogP contribution in [0.2, 0.25) is 0 Å². The normalized spacial score (nSPS) is 25.5. The van der Waals surface area contributed by atoms with Gasteiger partial charge in [-0.1, -0.05) is 30.3 Å². The number of hydrogen-bond acceptors (Lipinski definition) is 6.